The molecule has 1 aromatic carbocycles. The van der Waals surface area contributed by atoms with Gasteiger partial charge in [0.1, 0.15) is 12.4 Å². The van der Waals surface area contributed by atoms with Crippen LogP contribution in [-0.2, 0) is 72.8 Å². The molecule has 1 heterocycles. The summed E-state index contributed by atoms with van der Waals surface area (Å²) in [6, 6.07) is 7.11. The van der Waals surface area contributed by atoms with E-state index in [1.807, 2.05) is 56.2 Å². The number of amides is 3. The number of nitrogens with one attached hydrogen (secondary N) is 4. The van der Waals surface area contributed by atoms with E-state index < -0.39 is 5.97 Å². The molecule has 1 radical (unpaired) electrons. The molecule has 0 saturated carbocycles. The number of carbonyl (C=O) groups is 6. The third kappa shape index (κ3) is 39.7. The molecular formula is C39H75N8O9Y-. The second-order valence-electron chi connectivity index (χ2n) is 12.1. The molecule has 1 saturated heterocycles. The van der Waals surface area contributed by atoms with E-state index in [1.54, 1.807) is 31.2 Å². The van der Waals surface area contributed by atoms with Gasteiger partial charge >= 0.3 is 11.9 Å². The van der Waals surface area contributed by atoms with E-state index in [2.05, 4.69) is 35.7 Å². The third-order valence-electron chi connectivity index (χ3n) is 7.19. The van der Waals surface area contributed by atoms with Crippen molar-refractivity contribution >= 4 is 41.6 Å². The molecule has 57 heavy (non-hydrogen) atoms. The monoisotopic (exact) mass is 888 g/mol. The van der Waals surface area contributed by atoms with E-state index in [0.717, 1.165) is 24.1 Å². The van der Waals surface area contributed by atoms with E-state index in [0.29, 0.717) is 71.7 Å². The van der Waals surface area contributed by atoms with E-state index in [4.69, 9.17) is 15.7 Å². The van der Waals surface area contributed by atoms with Crippen molar-refractivity contribution in [1.82, 2.24) is 25.3 Å². The van der Waals surface area contributed by atoms with Crippen LogP contribution in [0.4, 0.5) is 5.69 Å². The molecule has 0 bridgehead atoms. The number of ether oxygens (including phenoxy) is 1. The zero-order valence-electron chi connectivity index (χ0n) is 36.2. The molecule has 8 N–H and O–H groups in total. The average molecular weight is 889 g/mol. The van der Waals surface area contributed by atoms with Crippen molar-refractivity contribution in [2.45, 2.75) is 94.6 Å². The fraction of sp³-hybridized carbons (Fsp3) is 0.692. The summed E-state index contributed by atoms with van der Waals surface area (Å²) < 4.78 is 4.95. The molecule has 1 aliphatic rings. The maximum atomic E-state index is 12.4. The summed E-state index contributed by atoms with van der Waals surface area (Å²) in [6.07, 6.45) is 3.71. The first-order valence-corrected chi connectivity index (χ1v) is 19.7. The predicted octanol–water partition coefficient (Wildman–Crippen LogP) is 3.79. The van der Waals surface area contributed by atoms with Crippen LogP contribution < -0.4 is 21.8 Å². The summed E-state index contributed by atoms with van der Waals surface area (Å²) in [5.41, 5.74) is 8.69. The number of benzene rings is 1. The second kappa shape index (κ2) is 45.8. The van der Waals surface area contributed by atoms with Gasteiger partial charge in [0.2, 0.25) is 18.2 Å². The van der Waals surface area contributed by atoms with Gasteiger partial charge in [-0.1, -0.05) is 87.3 Å². The van der Waals surface area contributed by atoms with E-state index in [1.165, 1.54) is 6.42 Å². The maximum absolute atomic E-state index is 12.4. The summed E-state index contributed by atoms with van der Waals surface area (Å²) in [7, 11) is 0. The predicted molar refractivity (Wildman–Crippen MR) is 222 cm³/mol. The van der Waals surface area contributed by atoms with E-state index in [9.17, 15) is 33.9 Å². The molecule has 3 amide bonds. The Morgan fingerprint density at radius 3 is 1.70 bits per heavy atom. The number of aliphatic carboxylic acids is 1. The molecule has 0 unspecified atom stereocenters. The number of nitrogens with two attached hydrogens (primary N) is 1. The molecule has 1 aliphatic heterocycles. The second-order valence-corrected chi connectivity index (χ2v) is 12.1. The van der Waals surface area contributed by atoms with Crippen LogP contribution in [0.15, 0.2) is 24.3 Å². The average Bonchev–Trinajstić information content (AvgIpc) is 3.28. The van der Waals surface area contributed by atoms with Crippen LogP contribution in [0.3, 0.4) is 0 Å². The van der Waals surface area contributed by atoms with Gasteiger partial charge in [-0.15, -0.1) is 0 Å². The van der Waals surface area contributed by atoms with Gasteiger partial charge in [0.15, 0.2) is 0 Å². The van der Waals surface area contributed by atoms with Crippen molar-refractivity contribution in [3.63, 3.8) is 0 Å². The first kappa shape index (κ1) is 63.3. The molecule has 329 valence electrons. The summed E-state index contributed by atoms with van der Waals surface area (Å²) in [4.78, 5) is 74.3. The molecule has 0 atom stereocenters. The Hall–Kier alpha value is -2.90. The quantitative estimate of drug-likeness (QED) is 0.0533. The van der Waals surface area contributed by atoms with Crippen molar-refractivity contribution < 1.29 is 76.5 Å². The van der Waals surface area contributed by atoms with Crippen LogP contribution in [0.2, 0.25) is 0 Å². The smallest absolute Gasteiger partial charge is 0.317 e. The number of hydrogen-bond acceptors (Lipinski definition) is 12. The SMILES string of the molecule is CC.CC.CC(C)C(=O)CN1CCN(CC(=O)O)CCN(CC(=O)NCC(=O)NCCCC[NH-])CC1.CCC.CCC(=O)OCc1ccc(NC=O)cc1.NO.[Y]. The molecular weight excluding hydrogens is 813 g/mol. The Morgan fingerprint density at radius 1 is 0.807 bits per heavy atom. The minimum absolute atomic E-state index is 0. The first-order chi connectivity index (χ1) is 26.9. The number of nitrogens with zero attached hydrogens (tertiary/aromatic N) is 3. The number of unbranched alkanes of at least 4 members (excludes halogenated alkanes) is 1. The van der Waals surface area contributed by atoms with Crippen molar-refractivity contribution in [1.29, 1.82) is 0 Å². The van der Waals surface area contributed by atoms with Gasteiger partial charge in [-0.3, -0.25) is 43.5 Å². The van der Waals surface area contributed by atoms with Crippen LogP contribution in [-0.4, -0.2) is 139 Å². The molecule has 1 fully saturated rings. The number of Topliss-reactive ketones (excluding diaryl/α,β-unsaturated/α-hetero) is 1. The fourth-order valence-electron chi connectivity index (χ4n) is 4.26. The van der Waals surface area contributed by atoms with Gasteiger partial charge in [0.05, 0.1) is 26.2 Å². The number of rotatable bonds is 18. The summed E-state index contributed by atoms with van der Waals surface area (Å²) in [5.74, 6) is 1.89. The van der Waals surface area contributed by atoms with Gasteiger partial charge in [0.25, 0.3) is 0 Å². The molecule has 18 heteroatoms. The zero-order chi connectivity index (χ0) is 43.7. The number of anilines is 1. The van der Waals surface area contributed by atoms with Crippen molar-refractivity contribution in [2.24, 2.45) is 11.8 Å². The topological polar surface area (TPSA) is 248 Å². The summed E-state index contributed by atoms with van der Waals surface area (Å²) >= 11 is 0. The van der Waals surface area contributed by atoms with Crippen molar-refractivity contribution in [2.75, 3.05) is 83.9 Å². The number of carbonyl (C=O) groups excluding carboxylic acids is 5. The summed E-state index contributed by atoms with van der Waals surface area (Å²) in [5, 5.41) is 23.5. The Balaban J connectivity index is -0.000000300. The largest absolute Gasteiger partial charge is 0.677 e. The molecule has 0 spiro atoms. The maximum Gasteiger partial charge on any atom is 0.317 e. The minimum atomic E-state index is -0.910. The van der Waals surface area contributed by atoms with Crippen molar-refractivity contribution in [3.05, 3.63) is 35.6 Å². The molecule has 1 aromatic rings. The normalized spacial score (nSPS) is 12.5. The van der Waals surface area contributed by atoms with Gasteiger partial charge in [0, 0.05) is 96.5 Å². The number of esters is 1. The Bertz CT molecular complexity index is 1150. The van der Waals surface area contributed by atoms with Crippen LogP contribution in [0.25, 0.3) is 5.73 Å². The number of carboxylic acids is 1. The number of carboxylic acid groups (broad SMARTS) is 1. The standard InChI is InChI=1S/C21H39N6O5.C11H13NO3.C3H8.2C2H6.H3NO.Y/c1-17(2)18(28)14-25-7-9-26(10-12-27(11-8-25)16-21(31)32)15-20(30)24-13-19(29)23-6-4-3-5-22;1-2-11(14)15-7-9-3-5-10(6-4-9)12-8-13;1-3-2;3*1-2;/h17,22H,3-16H2,1-2H3,(H,23,29)(H,24,30)(H,31,32);3-6,8H,2,7H2,1H3,(H,12,13);3H2,1-2H3;2*1-2H3;2H,1H2;/q-1;;;;;;. The van der Waals surface area contributed by atoms with Gasteiger partial charge in [-0.05, 0) is 24.1 Å². The van der Waals surface area contributed by atoms with E-state index in [-0.39, 0.29) is 88.4 Å². The van der Waals surface area contributed by atoms with Gasteiger partial charge in [-0.2, -0.15) is 6.54 Å². The first-order valence-electron chi connectivity index (χ1n) is 19.7. The van der Waals surface area contributed by atoms with Gasteiger partial charge in [-0.25, -0.2) is 5.90 Å². The van der Waals surface area contributed by atoms with Crippen LogP contribution in [0.1, 0.15) is 93.6 Å². The Kier molecular flexibility index (Phi) is 50.8. The number of hydrogen-bond donors (Lipinski definition) is 6. The zero-order valence-corrected chi connectivity index (χ0v) is 39.1. The van der Waals surface area contributed by atoms with Crippen LogP contribution in [0, 0.1) is 5.92 Å². The third-order valence-corrected chi connectivity index (χ3v) is 7.19. The molecule has 17 nitrogen and oxygen atoms in total. The fourth-order valence-corrected chi connectivity index (χ4v) is 4.26. The summed E-state index contributed by atoms with van der Waals surface area (Å²) in [6.45, 7) is 22.3. The number of ketones is 1. The Labute approximate surface area is 367 Å². The van der Waals surface area contributed by atoms with E-state index >= 15 is 0 Å². The molecule has 0 aromatic heterocycles. The van der Waals surface area contributed by atoms with Crippen molar-refractivity contribution in [3.8, 4) is 0 Å². The van der Waals surface area contributed by atoms with Crippen LogP contribution >= 0.6 is 0 Å². The minimum Gasteiger partial charge on any atom is -0.677 e. The van der Waals surface area contributed by atoms with Gasteiger partial charge < -0.3 is 36.7 Å². The molecule has 0 aliphatic carbocycles. The Morgan fingerprint density at radius 2 is 1.28 bits per heavy atom. The molecule has 2 rings (SSSR count). The van der Waals surface area contributed by atoms with Crippen LogP contribution in [0.5, 0.6) is 0 Å².